The Kier molecular flexibility index (Phi) is 21.7. The van der Waals surface area contributed by atoms with Crippen LogP contribution in [0.15, 0.2) is 156 Å². The van der Waals surface area contributed by atoms with E-state index < -0.39 is 41.8 Å². The third kappa shape index (κ3) is 15.8. The number of para-hydroxylation sites is 3. The highest BCUT2D eigenvalue weighted by Crippen LogP contribution is 2.37. The number of furan rings is 3. The minimum absolute atomic E-state index is 0.0464. The number of alkyl halides is 3. The number of rotatable bonds is 16. The molecule has 0 radical (unpaired) electrons. The van der Waals surface area contributed by atoms with Gasteiger partial charge in [-0.15, -0.1) is 0 Å². The lowest BCUT2D eigenvalue weighted by atomic mass is 9.96. The van der Waals surface area contributed by atoms with Crippen molar-refractivity contribution >= 4 is 85.4 Å². The first-order valence-electron chi connectivity index (χ1n) is 33.8. The SMILES string of the molecule is CCOC(=O)c1c(N2CCN(C(=O)c3ccco3)CC2)c2ccccc2n(CC(C)(C)C)c1=O.CCOC(=O)c1c(N2CCN(C(=O)c3ccco3)CC2)c2ccccc2n(CC(F)(F)F)c1=O.CCOC(=O)c1c(N2CCN(C(=O)c3ccco3)CC2)c2ccccc2n(CC2CC2)c1=O. The molecule has 101 heavy (non-hydrogen) atoms. The molecule has 3 aliphatic heterocycles. The molecule has 3 aromatic carbocycles. The molecule has 0 spiro atoms. The van der Waals surface area contributed by atoms with Crippen LogP contribution in [0.2, 0.25) is 0 Å². The Morgan fingerprint density at radius 1 is 0.416 bits per heavy atom. The van der Waals surface area contributed by atoms with Crippen LogP contribution in [-0.2, 0) is 33.8 Å². The van der Waals surface area contributed by atoms with E-state index in [0.717, 1.165) is 34.6 Å². The fraction of sp³-hybridized carbons (Fsp3) is 0.392. The summed E-state index contributed by atoms with van der Waals surface area (Å²) in [5, 5.41) is 1.99. The number of fused-ring (bicyclic) bond motifs is 3. The van der Waals surface area contributed by atoms with Gasteiger partial charge in [0.1, 0.15) is 23.2 Å². The van der Waals surface area contributed by atoms with Crippen molar-refractivity contribution in [3.63, 3.8) is 0 Å². The predicted molar refractivity (Wildman–Crippen MR) is 371 cm³/mol. The molecular formula is C74H80F3N9O15. The van der Waals surface area contributed by atoms with E-state index in [0.29, 0.717) is 104 Å². The van der Waals surface area contributed by atoms with Crippen LogP contribution in [0.3, 0.4) is 0 Å². The largest absolute Gasteiger partial charge is 0.462 e. The highest BCUT2D eigenvalue weighted by atomic mass is 19.4. The number of carbonyl (C=O) groups is 6. The van der Waals surface area contributed by atoms with Crippen molar-refractivity contribution in [2.24, 2.45) is 11.3 Å². The second-order valence-corrected chi connectivity index (χ2v) is 26.0. The first kappa shape index (κ1) is 71.4. The zero-order valence-corrected chi connectivity index (χ0v) is 57.1. The van der Waals surface area contributed by atoms with Gasteiger partial charge in [-0.3, -0.25) is 33.3 Å². The van der Waals surface area contributed by atoms with E-state index in [1.807, 2.05) is 58.3 Å². The van der Waals surface area contributed by atoms with E-state index in [1.165, 1.54) is 30.9 Å². The highest BCUT2D eigenvalue weighted by Gasteiger charge is 2.38. The number of ether oxygens (including phenoxy) is 3. The lowest BCUT2D eigenvalue weighted by Crippen LogP contribution is -2.49. The van der Waals surface area contributed by atoms with Crippen molar-refractivity contribution < 1.29 is 69.4 Å². The maximum absolute atomic E-state index is 13.7. The Labute approximate surface area is 578 Å². The number of benzene rings is 3. The number of carbonyl (C=O) groups excluding carboxylic acids is 6. The number of nitrogens with zero attached hydrogens (tertiary/aromatic N) is 9. The molecule has 9 heterocycles. The minimum Gasteiger partial charge on any atom is -0.462 e. The molecule has 3 amide bonds. The molecule has 4 fully saturated rings. The summed E-state index contributed by atoms with van der Waals surface area (Å²) in [6, 6.07) is 31.4. The van der Waals surface area contributed by atoms with Crippen molar-refractivity contribution in [3.8, 4) is 0 Å². The van der Waals surface area contributed by atoms with E-state index in [4.69, 9.17) is 27.5 Å². The van der Waals surface area contributed by atoms with Gasteiger partial charge in [0.05, 0.1) is 72.2 Å². The molecule has 532 valence electrons. The molecule has 0 N–H and O–H groups in total. The second kappa shape index (κ2) is 30.7. The molecule has 3 saturated heterocycles. The minimum atomic E-state index is -4.67. The predicted octanol–water partition coefficient (Wildman–Crippen LogP) is 10.2. The van der Waals surface area contributed by atoms with Crippen LogP contribution >= 0.6 is 0 Å². The number of esters is 3. The summed E-state index contributed by atoms with van der Waals surface area (Å²) in [6.45, 7) is 15.8. The molecule has 4 aliphatic rings. The number of piperazine rings is 3. The van der Waals surface area contributed by atoms with Gasteiger partial charge in [-0.25, -0.2) is 14.4 Å². The number of hydrogen-bond acceptors (Lipinski definition) is 18. The number of pyridine rings is 3. The Morgan fingerprint density at radius 3 is 0.990 bits per heavy atom. The topological polar surface area (TPSA) is 255 Å². The zero-order valence-electron chi connectivity index (χ0n) is 57.1. The summed E-state index contributed by atoms with van der Waals surface area (Å²) >= 11 is 0. The van der Waals surface area contributed by atoms with Crippen LogP contribution in [0.4, 0.5) is 30.2 Å². The number of amides is 3. The number of halogens is 3. The normalized spacial score (nSPS) is 15.1. The fourth-order valence-corrected chi connectivity index (χ4v) is 13.1. The lowest BCUT2D eigenvalue weighted by Gasteiger charge is -2.37. The van der Waals surface area contributed by atoms with Crippen molar-refractivity contribution in [2.45, 2.75) is 80.2 Å². The Morgan fingerprint density at radius 2 is 0.713 bits per heavy atom. The maximum Gasteiger partial charge on any atom is 0.406 e. The van der Waals surface area contributed by atoms with Crippen molar-refractivity contribution in [1.29, 1.82) is 0 Å². The molecule has 1 saturated carbocycles. The zero-order chi connectivity index (χ0) is 71.9. The number of aromatic nitrogens is 3. The van der Waals surface area contributed by atoms with Crippen molar-refractivity contribution in [2.75, 3.05) is 113 Å². The number of anilines is 3. The van der Waals surface area contributed by atoms with Crippen LogP contribution in [0, 0.1) is 11.3 Å². The third-order valence-corrected chi connectivity index (χ3v) is 17.8. The average molecular weight is 1390 g/mol. The van der Waals surface area contributed by atoms with Gasteiger partial charge >= 0.3 is 24.1 Å². The summed E-state index contributed by atoms with van der Waals surface area (Å²) in [7, 11) is 0. The smallest absolute Gasteiger partial charge is 0.406 e. The van der Waals surface area contributed by atoms with Crippen LogP contribution in [0.1, 0.15) is 117 Å². The van der Waals surface area contributed by atoms with Crippen LogP contribution in [0.5, 0.6) is 0 Å². The summed E-state index contributed by atoms with van der Waals surface area (Å²) in [6.07, 6.45) is 1.90. The third-order valence-electron chi connectivity index (χ3n) is 17.8. The van der Waals surface area contributed by atoms with Crippen molar-refractivity contribution in [3.05, 3.63) is 193 Å². The molecule has 9 aromatic rings. The summed E-state index contributed by atoms with van der Waals surface area (Å²) in [4.78, 5) is 128. The molecule has 0 atom stereocenters. The van der Waals surface area contributed by atoms with Gasteiger partial charge < -0.3 is 66.0 Å². The molecule has 13 rings (SSSR count). The second-order valence-electron chi connectivity index (χ2n) is 26.0. The van der Waals surface area contributed by atoms with E-state index in [1.54, 1.807) is 98.0 Å². The monoisotopic (exact) mass is 1390 g/mol. The van der Waals surface area contributed by atoms with Crippen LogP contribution in [0.25, 0.3) is 32.7 Å². The van der Waals surface area contributed by atoms with Gasteiger partial charge in [-0.1, -0.05) is 75.4 Å². The average Bonchev–Trinajstić information content (AvgIpc) is 1.44. The molecule has 0 bridgehead atoms. The molecule has 24 nitrogen and oxygen atoms in total. The fourth-order valence-electron chi connectivity index (χ4n) is 13.1. The molecule has 0 unspecified atom stereocenters. The van der Waals surface area contributed by atoms with Gasteiger partial charge in [-0.2, -0.15) is 13.2 Å². The van der Waals surface area contributed by atoms with Crippen molar-refractivity contribution in [1.82, 2.24) is 28.4 Å². The first-order valence-corrected chi connectivity index (χ1v) is 33.8. The molecular weight excluding hydrogens is 1310 g/mol. The Balaban J connectivity index is 0.000000152. The molecule has 27 heteroatoms. The van der Waals surface area contributed by atoms with Gasteiger partial charge in [0, 0.05) is 108 Å². The van der Waals surface area contributed by atoms with Gasteiger partial charge in [-0.05, 0) is 99.5 Å². The van der Waals surface area contributed by atoms with Gasteiger partial charge in [0.25, 0.3) is 34.4 Å². The summed E-state index contributed by atoms with van der Waals surface area (Å²) < 4.78 is 75.2. The lowest BCUT2D eigenvalue weighted by molar-refractivity contribution is -0.140. The van der Waals surface area contributed by atoms with Gasteiger partial charge in [0.15, 0.2) is 17.3 Å². The summed E-state index contributed by atoms with van der Waals surface area (Å²) in [5.41, 5.74) is 0.847. The van der Waals surface area contributed by atoms with E-state index in [9.17, 15) is 56.3 Å². The quantitative estimate of drug-likeness (QED) is 0.0644. The van der Waals surface area contributed by atoms with E-state index in [-0.39, 0.29) is 108 Å². The number of hydrogen-bond donors (Lipinski definition) is 0. The Bertz CT molecular complexity index is 4480. The standard InChI is InChI=1S/C26H31N3O5.C25H27N3O5.C23H22F3N3O5/c1-5-33-25(32)21-22(27-12-14-28(15-13-27)23(30)20-11-8-16-34-20)18-9-6-7-10-19(18)29(24(21)31)17-26(2,3)4;1-2-32-25(31)21-22(26-11-13-27(14-12-26)23(29)20-8-5-15-33-20)18-6-3-4-7-19(18)28(24(21)30)16-17-9-10-17;1-2-33-22(32)18-19(27-9-11-28(12-10-27)20(30)17-8-5-13-34-17)15-6-3-4-7-16(15)29(21(18)31)14-23(24,25)26/h6-11,16H,5,12-15,17H2,1-4H3;3-8,15,17H,2,9-14,16H2,1H3;3-8,13H,2,9-12,14H2,1H3. The van der Waals surface area contributed by atoms with Gasteiger partial charge in [0.2, 0.25) is 0 Å². The highest BCUT2D eigenvalue weighted by molar-refractivity contribution is 6.08. The van der Waals surface area contributed by atoms with Crippen LogP contribution in [-0.4, -0.2) is 169 Å². The summed E-state index contributed by atoms with van der Waals surface area (Å²) in [5.74, 6) is -1.54. The molecule has 6 aromatic heterocycles. The first-order chi connectivity index (χ1) is 48.5. The molecule has 1 aliphatic carbocycles. The van der Waals surface area contributed by atoms with E-state index >= 15 is 0 Å². The van der Waals surface area contributed by atoms with E-state index in [2.05, 4.69) is 20.8 Å². The van der Waals surface area contributed by atoms with Crippen LogP contribution < -0.4 is 31.4 Å². The Hall–Kier alpha value is -10.9. The maximum atomic E-state index is 13.7.